The van der Waals surface area contributed by atoms with E-state index in [1.54, 1.807) is 24.3 Å². The van der Waals surface area contributed by atoms with Crippen molar-refractivity contribution >= 4 is 27.5 Å². The number of benzene rings is 2. The minimum Gasteiger partial charge on any atom is -0.324 e. The maximum Gasteiger partial charge on any atom is 0.146 e. The fourth-order valence-corrected chi connectivity index (χ4v) is 2.44. The predicted octanol–water partition coefficient (Wildman–Crippen LogP) is 4.62. The molecule has 1 nitrogen and oxygen atoms in total. The smallest absolute Gasteiger partial charge is 0.146 e. The summed E-state index contributed by atoms with van der Waals surface area (Å²) in [7, 11) is 0. The largest absolute Gasteiger partial charge is 0.324 e. The Kier molecular flexibility index (Phi) is 4.55. The van der Waals surface area contributed by atoms with Gasteiger partial charge in [-0.05, 0) is 36.2 Å². The summed E-state index contributed by atoms with van der Waals surface area (Å²) in [6, 6.07) is 8.57. The number of hydrogen-bond acceptors (Lipinski definition) is 1. The second-order valence-electron chi connectivity index (χ2n) is 4.19. The Balaban J connectivity index is 2.28. The van der Waals surface area contributed by atoms with Gasteiger partial charge in [0.15, 0.2) is 0 Å². The third-order valence-corrected chi connectivity index (χ3v) is 3.61. The molecule has 0 saturated heterocycles. The zero-order chi connectivity index (χ0) is 14.0. The van der Waals surface area contributed by atoms with Crippen LogP contribution in [0.4, 0.5) is 8.78 Å². The highest BCUT2D eigenvalue weighted by molar-refractivity contribution is 9.10. The van der Waals surface area contributed by atoms with Crippen LogP contribution in [0.1, 0.15) is 17.2 Å². The molecule has 0 fully saturated rings. The normalized spacial score (nSPS) is 12.5. The van der Waals surface area contributed by atoms with E-state index in [1.165, 1.54) is 12.1 Å². The average Bonchev–Trinajstić information content (AvgIpc) is 2.37. The van der Waals surface area contributed by atoms with E-state index < -0.39 is 11.9 Å². The van der Waals surface area contributed by atoms with Crippen molar-refractivity contribution in [2.45, 2.75) is 12.5 Å². The van der Waals surface area contributed by atoms with Gasteiger partial charge >= 0.3 is 0 Å². The van der Waals surface area contributed by atoms with Crippen LogP contribution in [-0.2, 0) is 6.42 Å². The van der Waals surface area contributed by atoms with Crippen LogP contribution in [0, 0.1) is 11.6 Å². The molecule has 0 bridgehead atoms. The Morgan fingerprint density at radius 3 is 2.68 bits per heavy atom. The van der Waals surface area contributed by atoms with Gasteiger partial charge in [0, 0.05) is 16.1 Å². The predicted molar refractivity (Wildman–Crippen MR) is 76.1 cm³/mol. The van der Waals surface area contributed by atoms with Gasteiger partial charge in [0.05, 0.1) is 5.02 Å². The van der Waals surface area contributed by atoms with Gasteiger partial charge in [0.25, 0.3) is 0 Å². The molecule has 0 spiro atoms. The molecule has 1 unspecified atom stereocenters. The number of nitrogens with two attached hydrogens (primary N) is 1. The first-order chi connectivity index (χ1) is 8.99. The van der Waals surface area contributed by atoms with Crippen molar-refractivity contribution in [1.82, 2.24) is 0 Å². The molecule has 0 aliphatic heterocycles. The van der Waals surface area contributed by atoms with Crippen LogP contribution < -0.4 is 5.73 Å². The summed E-state index contributed by atoms with van der Waals surface area (Å²) in [5.74, 6) is -0.909. The molecule has 0 aromatic heterocycles. The first kappa shape index (κ1) is 14.4. The molecule has 2 aromatic rings. The van der Waals surface area contributed by atoms with Gasteiger partial charge in [-0.25, -0.2) is 8.78 Å². The van der Waals surface area contributed by atoms with Crippen molar-refractivity contribution in [3.63, 3.8) is 0 Å². The molecule has 0 heterocycles. The van der Waals surface area contributed by atoms with Gasteiger partial charge in [-0.15, -0.1) is 0 Å². The average molecular weight is 347 g/mol. The lowest BCUT2D eigenvalue weighted by Crippen LogP contribution is -2.16. The van der Waals surface area contributed by atoms with Crippen LogP contribution in [0.15, 0.2) is 40.9 Å². The van der Waals surface area contributed by atoms with Gasteiger partial charge in [-0.2, -0.15) is 0 Å². The van der Waals surface area contributed by atoms with E-state index in [0.29, 0.717) is 5.56 Å². The number of halogens is 4. The Morgan fingerprint density at radius 2 is 1.95 bits per heavy atom. The molecule has 1 atom stereocenters. The van der Waals surface area contributed by atoms with Gasteiger partial charge in [-0.3, -0.25) is 0 Å². The monoisotopic (exact) mass is 345 g/mol. The molecule has 0 radical (unpaired) electrons. The van der Waals surface area contributed by atoms with Crippen molar-refractivity contribution in [1.29, 1.82) is 0 Å². The van der Waals surface area contributed by atoms with E-state index in [0.717, 1.165) is 4.47 Å². The fourth-order valence-electron chi connectivity index (χ4n) is 1.85. The summed E-state index contributed by atoms with van der Waals surface area (Å²) in [6.45, 7) is 0. The Morgan fingerprint density at radius 1 is 1.21 bits per heavy atom. The summed E-state index contributed by atoms with van der Waals surface area (Å²) < 4.78 is 28.2. The second-order valence-corrected chi connectivity index (χ2v) is 5.51. The van der Waals surface area contributed by atoms with Gasteiger partial charge in [0.2, 0.25) is 0 Å². The zero-order valence-corrected chi connectivity index (χ0v) is 12.2. The lowest BCUT2D eigenvalue weighted by Gasteiger charge is -2.14. The molecule has 100 valence electrons. The van der Waals surface area contributed by atoms with E-state index in [4.69, 9.17) is 17.3 Å². The lowest BCUT2D eigenvalue weighted by atomic mass is 9.99. The maximum absolute atomic E-state index is 13.8. The first-order valence-corrected chi connectivity index (χ1v) is 6.79. The highest BCUT2D eigenvalue weighted by Crippen LogP contribution is 2.26. The SMILES string of the molecule is NC(Cc1cc(Br)ccc1F)c1cccc(Cl)c1F. The number of hydrogen-bond donors (Lipinski definition) is 1. The van der Waals surface area contributed by atoms with Crippen molar-refractivity contribution in [2.75, 3.05) is 0 Å². The lowest BCUT2D eigenvalue weighted by molar-refractivity contribution is 0.563. The molecule has 0 amide bonds. The van der Waals surface area contributed by atoms with Gasteiger partial charge in [0.1, 0.15) is 11.6 Å². The van der Waals surface area contributed by atoms with Crippen LogP contribution in [0.25, 0.3) is 0 Å². The van der Waals surface area contributed by atoms with E-state index in [1.807, 2.05) is 0 Å². The summed E-state index contributed by atoms with van der Waals surface area (Å²) in [5.41, 5.74) is 6.65. The zero-order valence-electron chi connectivity index (χ0n) is 9.84. The van der Waals surface area contributed by atoms with Crippen LogP contribution >= 0.6 is 27.5 Å². The maximum atomic E-state index is 13.8. The highest BCUT2D eigenvalue weighted by Gasteiger charge is 2.16. The van der Waals surface area contributed by atoms with E-state index in [9.17, 15) is 8.78 Å². The molecule has 0 saturated carbocycles. The molecule has 2 rings (SSSR count). The summed E-state index contributed by atoms with van der Waals surface area (Å²) in [6.07, 6.45) is 0.197. The van der Waals surface area contributed by atoms with Crippen LogP contribution in [0.5, 0.6) is 0 Å². The molecular formula is C14H11BrClF2N. The van der Waals surface area contributed by atoms with Crippen LogP contribution in [-0.4, -0.2) is 0 Å². The summed E-state index contributed by atoms with van der Waals surface area (Å²) >= 11 is 8.97. The van der Waals surface area contributed by atoms with Crippen LogP contribution in [0.3, 0.4) is 0 Å². The van der Waals surface area contributed by atoms with Gasteiger partial charge in [-0.1, -0.05) is 39.7 Å². The molecule has 0 aliphatic rings. The third kappa shape index (κ3) is 3.32. The quantitative estimate of drug-likeness (QED) is 0.862. The summed E-state index contributed by atoms with van der Waals surface area (Å²) in [4.78, 5) is 0. The summed E-state index contributed by atoms with van der Waals surface area (Å²) in [5, 5.41) is 0.0164. The van der Waals surface area contributed by atoms with E-state index in [-0.39, 0.29) is 22.8 Å². The Labute approximate surface area is 123 Å². The molecule has 0 aliphatic carbocycles. The molecule has 2 aromatic carbocycles. The van der Waals surface area contributed by atoms with E-state index >= 15 is 0 Å². The topological polar surface area (TPSA) is 26.0 Å². The molecular weight excluding hydrogens is 336 g/mol. The van der Waals surface area contributed by atoms with Gasteiger partial charge < -0.3 is 5.73 Å². The fraction of sp³-hybridized carbons (Fsp3) is 0.143. The molecule has 5 heteroatoms. The Bertz CT molecular complexity index is 604. The molecule has 19 heavy (non-hydrogen) atoms. The van der Waals surface area contributed by atoms with Crippen LogP contribution in [0.2, 0.25) is 5.02 Å². The standard InChI is InChI=1S/C14H11BrClF2N/c15-9-4-5-12(17)8(6-9)7-13(19)10-2-1-3-11(16)14(10)18/h1-6,13H,7,19H2. The Hall–Kier alpha value is -0.970. The molecule has 2 N–H and O–H groups in total. The second kappa shape index (κ2) is 5.99. The van der Waals surface area contributed by atoms with Crippen molar-refractivity contribution in [3.8, 4) is 0 Å². The first-order valence-electron chi connectivity index (χ1n) is 5.62. The van der Waals surface area contributed by atoms with Crippen molar-refractivity contribution in [2.24, 2.45) is 5.73 Å². The number of rotatable bonds is 3. The van der Waals surface area contributed by atoms with Crippen molar-refractivity contribution in [3.05, 3.63) is 68.7 Å². The minimum atomic E-state index is -0.650. The minimum absolute atomic E-state index is 0.0164. The highest BCUT2D eigenvalue weighted by atomic mass is 79.9. The van der Waals surface area contributed by atoms with E-state index in [2.05, 4.69) is 15.9 Å². The third-order valence-electron chi connectivity index (χ3n) is 2.83. The van der Waals surface area contributed by atoms with Crippen molar-refractivity contribution < 1.29 is 8.78 Å².